The van der Waals surface area contributed by atoms with Crippen molar-refractivity contribution in [2.75, 3.05) is 0 Å². The van der Waals surface area contributed by atoms with Crippen LogP contribution in [0.2, 0.25) is 0 Å². The Morgan fingerprint density at radius 3 is 2.47 bits per heavy atom. The van der Waals surface area contributed by atoms with Crippen LogP contribution in [0.3, 0.4) is 0 Å². The molecule has 6 heteroatoms. The molecule has 0 aliphatic rings. The van der Waals surface area contributed by atoms with Gasteiger partial charge < -0.3 is 5.11 Å². The molecule has 0 saturated carbocycles. The molecule has 0 aliphatic heterocycles. The molecule has 2 heterocycles. The van der Waals surface area contributed by atoms with Gasteiger partial charge in [-0.3, -0.25) is 4.79 Å². The summed E-state index contributed by atoms with van der Waals surface area (Å²) in [7, 11) is 0. The zero-order chi connectivity index (χ0) is 21.4. The Morgan fingerprint density at radius 1 is 1.03 bits per heavy atom. The van der Waals surface area contributed by atoms with Crippen LogP contribution in [-0.2, 0) is 0 Å². The van der Waals surface area contributed by atoms with Crippen molar-refractivity contribution in [3.63, 3.8) is 0 Å². The first-order chi connectivity index (χ1) is 14.4. The minimum atomic E-state index is -0.268. The Bertz CT molecular complexity index is 1330. The van der Waals surface area contributed by atoms with Gasteiger partial charge in [-0.1, -0.05) is 24.3 Å². The summed E-state index contributed by atoms with van der Waals surface area (Å²) in [6.07, 6.45) is 3.30. The lowest BCUT2D eigenvalue weighted by Gasteiger charge is -2.15. The average Bonchev–Trinajstić information content (AvgIpc) is 3.19. The van der Waals surface area contributed by atoms with Gasteiger partial charge in [0.1, 0.15) is 0 Å². The number of benzene rings is 2. The summed E-state index contributed by atoms with van der Waals surface area (Å²) in [5.41, 5.74) is 3.00. The fraction of sp³-hybridized carbons (Fsp3) is 0.208. The van der Waals surface area contributed by atoms with E-state index in [-0.39, 0.29) is 17.5 Å². The Hall–Kier alpha value is -3.67. The van der Waals surface area contributed by atoms with Crippen molar-refractivity contribution in [3.05, 3.63) is 81.8 Å². The number of aromatic hydroxyl groups is 1. The highest BCUT2D eigenvalue weighted by Gasteiger charge is 2.17. The number of fused-ring (bicyclic) bond motifs is 1. The number of rotatable bonds is 4. The van der Waals surface area contributed by atoms with Crippen LogP contribution in [-0.4, -0.2) is 25.7 Å². The molecule has 0 radical (unpaired) electrons. The molecule has 1 N–H and O–H groups in total. The van der Waals surface area contributed by atoms with Crippen LogP contribution in [0.15, 0.2) is 64.5 Å². The smallest absolute Gasteiger partial charge is 0.265 e. The Morgan fingerprint density at radius 2 is 1.77 bits per heavy atom. The highest BCUT2D eigenvalue weighted by Crippen LogP contribution is 2.27. The molecular formula is C24H24N4O2. The van der Waals surface area contributed by atoms with Crippen molar-refractivity contribution >= 4 is 22.8 Å². The molecule has 0 unspecified atom stereocenters. The van der Waals surface area contributed by atoms with Crippen molar-refractivity contribution in [1.82, 2.24) is 14.3 Å². The maximum Gasteiger partial charge on any atom is 0.265 e. The van der Waals surface area contributed by atoms with E-state index in [2.05, 4.69) is 10.1 Å². The number of hydrogen-bond donors (Lipinski definition) is 1. The lowest BCUT2D eigenvalue weighted by atomic mass is 10.1. The van der Waals surface area contributed by atoms with Gasteiger partial charge in [-0.25, -0.2) is 14.2 Å². The third-order valence-electron chi connectivity index (χ3n) is 5.32. The zero-order valence-electron chi connectivity index (χ0n) is 17.5. The molecule has 6 nitrogen and oxygen atoms in total. The van der Waals surface area contributed by atoms with E-state index in [1.54, 1.807) is 23.2 Å². The minimum absolute atomic E-state index is 0.138. The van der Waals surface area contributed by atoms with E-state index in [1.165, 1.54) is 4.57 Å². The minimum Gasteiger partial charge on any atom is -0.494 e. The van der Waals surface area contributed by atoms with Gasteiger partial charge in [0.15, 0.2) is 5.82 Å². The molecule has 0 spiro atoms. The summed E-state index contributed by atoms with van der Waals surface area (Å²) in [5, 5.41) is 16.6. The van der Waals surface area contributed by atoms with Gasteiger partial charge >= 0.3 is 0 Å². The highest BCUT2D eigenvalue weighted by atomic mass is 16.3. The predicted octanol–water partition coefficient (Wildman–Crippen LogP) is 4.84. The molecule has 0 saturated heterocycles. The molecular weight excluding hydrogens is 376 g/mol. The number of aliphatic imine (C=N–C) groups is 1. The van der Waals surface area contributed by atoms with Gasteiger partial charge in [-0.15, -0.1) is 0 Å². The second-order valence-electron chi connectivity index (χ2n) is 7.68. The SMILES string of the molecule is Cc1ccc(-n2c(O)c(/C=N/c3ccnn3C(C)C)c3ccccc3c2=O)cc1C. The van der Waals surface area contributed by atoms with Crippen LogP contribution in [0, 0.1) is 13.8 Å². The Balaban J connectivity index is 1.97. The maximum absolute atomic E-state index is 13.2. The summed E-state index contributed by atoms with van der Waals surface area (Å²) in [6, 6.07) is 14.9. The first-order valence-electron chi connectivity index (χ1n) is 9.90. The molecule has 0 amide bonds. The van der Waals surface area contributed by atoms with Gasteiger partial charge in [-0.05, 0) is 57.0 Å². The quantitative estimate of drug-likeness (QED) is 0.498. The average molecular weight is 400 g/mol. The lowest BCUT2D eigenvalue weighted by molar-refractivity contribution is 0.436. The fourth-order valence-corrected chi connectivity index (χ4v) is 3.53. The summed E-state index contributed by atoms with van der Waals surface area (Å²) >= 11 is 0. The monoisotopic (exact) mass is 400 g/mol. The van der Waals surface area contributed by atoms with Crippen molar-refractivity contribution in [3.8, 4) is 11.6 Å². The van der Waals surface area contributed by atoms with Gasteiger partial charge in [0.2, 0.25) is 5.88 Å². The number of pyridine rings is 1. The molecule has 4 rings (SSSR count). The third-order valence-corrected chi connectivity index (χ3v) is 5.32. The molecule has 2 aromatic heterocycles. The predicted molar refractivity (Wildman–Crippen MR) is 121 cm³/mol. The summed E-state index contributed by atoms with van der Waals surface area (Å²) in [4.78, 5) is 17.8. The first kappa shape index (κ1) is 19.6. The summed E-state index contributed by atoms with van der Waals surface area (Å²) < 4.78 is 3.14. The van der Waals surface area contributed by atoms with Crippen LogP contribution in [0.4, 0.5) is 5.82 Å². The van der Waals surface area contributed by atoms with E-state index in [0.717, 1.165) is 11.1 Å². The maximum atomic E-state index is 13.2. The second kappa shape index (κ2) is 7.63. The van der Waals surface area contributed by atoms with Crippen molar-refractivity contribution in [2.45, 2.75) is 33.7 Å². The Kier molecular flexibility index (Phi) is 4.99. The zero-order valence-corrected chi connectivity index (χ0v) is 17.5. The van der Waals surface area contributed by atoms with Gasteiger partial charge in [-0.2, -0.15) is 5.10 Å². The molecule has 30 heavy (non-hydrogen) atoms. The Labute approximate surface area is 174 Å². The van der Waals surface area contributed by atoms with E-state index in [1.807, 2.05) is 70.2 Å². The van der Waals surface area contributed by atoms with Gasteiger partial charge in [0, 0.05) is 29.1 Å². The van der Waals surface area contributed by atoms with E-state index >= 15 is 0 Å². The topological polar surface area (TPSA) is 72.4 Å². The molecule has 2 aromatic carbocycles. The fourth-order valence-electron chi connectivity index (χ4n) is 3.53. The third kappa shape index (κ3) is 3.30. The van der Waals surface area contributed by atoms with Crippen LogP contribution in [0.1, 0.15) is 36.6 Å². The van der Waals surface area contributed by atoms with Gasteiger partial charge in [0.05, 0.1) is 17.4 Å². The summed E-state index contributed by atoms with van der Waals surface area (Å²) in [6.45, 7) is 8.05. The molecule has 0 fully saturated rings. The van der Waals surface area contributed by atoms with E-state index < -0.39 is 0 Å². The van der Waals surface area contributed by atoms with E-state index in [9.17, 15) is 9.90 Å². The molecule has 0 aliphatic carbocycles. The first-order valence-corrected chi connectivity index (χ1v) is 9.90. The van der Waals surface area contributed by atoms with Crippen molar-refractivity contribution < 1.29 is 5.11 Å². The lowest BCUT2D eigenvalue weighted by Crippen LogP contribution is -2.20. The van der Waals surface area contributed by atoms with Crippen LogP contribution in [0.5, 0.6) is 5.88 Å². The van der Waals surface area contributed by atoms with Crippen molar-refractivity contribution in [1.29, 1.82) is 0 Å². The number of aryl methyl sites for hydroxylation is 2. The van der Waals surface area contributed by atoms with E-state index in [0.29, 0.717) is 27.8 Å². The summed E-state index contributed by atoms with van der Waals surface area (Å²) in [5.74, 6) is 0.540. The largest absolute Gasteiger partial charge is 0.494 e. The standard InChI is InChI=1S/C24H24N4O2/c1-15(2)28-22(11-12-26-28)25-14-21-19-7-5-6-8-20(19)23(29)27(24(21)30)18-10-9-16(3)17(4)13-18/h5-15,30H,1-4H3/b25-14+. The second-order valence-corrected chi connectivity index (χ2v) is 7.68. The van der Waals surface area contributed by atoms with Crippen LogP contribution in [0.25, 0.3) is 16.5 Å². The molecule has 152 valence electrons. The molecule has 4 aromatic rings. The highest BCUT2D eigenvalue weighted by molar-refractivity contribution is 6.02. The normalized spacial score (nSPS) is 11.8. The van der Waals surface area contributed by atoms with Gasteiger partial charge in [0.25, 0.3) is 5.56 Å². The van der Waals surface area contributed by atoms with Crippen LogP contribution < -0.4 is 5.56 Å². The number of aromatic nitrogens is 3. The van der Waals surface area contributed by atoms with E-state index in [4.69, 9.17) is 0 Å². The molecule has 0 bridgehead atoms. The molecule has 0 atom stereocenters. The number of hydrogen-bond acceptors (Lipinski definition) is 4. The van der Waals surface area contributed by atoms with Crippen LogP contribution >= 0.6 is 0 Å². The number of nitrogens with zero attached hydrogens (tertiary/aromatic N) is 4. The van der Waals surface area contributed by atoms with Crippen molar-refractivity contribution in [2.24, 2.45) is 4.99 Å².